The van der Waals surface area contributed by atoms with Crippen LogP contribution in [-0.4, -0.2) is 34.5 Å². The molecule has 1 rings (SSSR count). The topological polar surface area (TPSA) is 29.0 Å². The first-order valence-corrected chi connectivity index (χ1v) is 6.66. The monoisotopic (exact) mass is 301 g/mol. The van der Waals surface area contributed by atoms with Crippen LogP contribution in [0.2, 0.25) is 0 Å². The van der Waals surface area contributed by atoms with Crippen LogP contribution in [0.1, 0.15) is 26.6 Å². The van der Waals surface area contributed by atoms with E-state index in [1.54, 1.807) is 0 Å². The molecule has 0 saturated carbocycles. The van der Waals surface area contributed by atoms with E-state index >= 15 is 0 Å². The SMILES string of the molecule is CC(C)(C)c1nsc(N(CCCl)CC(F)(F)F)n1. The number of alkyl halides is 4. The van der Waals surface area contributed by atoms with E-state index in [4.69, 9.17) is 11.6 Å². The number of hydrogen-bond donors (Lipinski definition) is 0. The molecule has 0 aliphatic heterocycles. The van der Waals surface area contributed by atoms with Crippen molar-refractivity contribution in [2.24, 2.45) is 0 Å². The lowest BCUT2D eigenvalue weighted by Crippen LogP contribution is -2.35. The molecule has 0 saturated heterocycles. The molecule has 0 aliphatic carbocycles. The Labute approximate surface area is 113 Å². The lowest BCUT2D eigenvalue weighted by atomic mass is 9.96. The Morgan fingerprint density at radius 2 is 1.89 bits per heavy atom. The number of nitrogens with zero attached hydrogens (tertiary/aromatic N) is 3. The van der Waals surface area contributed by atoms with Crippen LogP contribution in [0.4, 0.5) is 18.3 Å². The minimum Gasteiger partial charge on any atom is -0.337 e. The third-order valence-corrected chi connectivity index (χ3v) is 3.03. The van der Waals surface area contributed by atoms with Crippen molar-refractivity contribution in [2.75, 3.05) is 23.9 Å². The molecule has 1 heterocycles. The second kappa shape index (κ2) is 5.61. The van der Waals surface area contributed by atoms with Crippen LogP contribution < -0.4 is 4.90 Å². The number of rotatable bonds is 4. The normalized spacial score (nSPS) is 12.8. The quantitative estimate of drug-likeness (QED) is 0.798. The predicted octanol–water partition coefficient (Wildman–Crippen LogP) is 3.44. The van der Waals surface area contributed by atoms with E-state index in [0.717, 1.165) is 16.4 Å². The van der Waals surface area contributed by atoms with Crippen LogP contribution in [0, 0.1) is 0 Å². The standard InChI is InChI=1S/C10H15ClF3N3S/c1-9(2,3)7-15-8(18-16-7)17(5-4-11)6-10(12,13)14/h4-6H2,1-3H3. The Hall–Kier alpha value is -0.560. The molecule has 0 atom stereocenters. The molecule has 0 amide bonds. The molecule has 18 heavy (non-hydrogen) atoms. The second-order valence-corrected chi connectivity index (χ2v) is 5.98. The summed E-state index contributed by atoms with van der Waals surface area (Å²) in [5.41, 5.74) is -0.278. The van der Waals surface area contributed by atoms with E-state index in [1.807, 2.05) is 20.8 Å². The molecular weight excluding hydrogens is 287 g/mol. The summed E-state index contributed by atoms with van der Waals surface area (Å²) >= 11 is 6.49. The molecule has 0 fully saturated rings. The third-order valence-electron chi connectivity index (χ3n) is 2.08. The average molecular weight is 302 g/mol. The van der Waals surface area contributed by atoms with Crippen molar-refractivity contribution in [1.29, 1.82) is 0 Å². The maximum atomic E-state index is 12.4. The molecule has 0 aromatic carbocycles. The number of aromatic nitrogens is 2. The third kappa shape index (κ3) is 4.61. The van der Waals surface area contributed by atoms with Gasteiger partial charge in [0.2, 0.25) is 5.13 Å². The van der Waals surface area contributed by atoms with Gasteiger partial charge in [-0.2, -0.15) is 17.5 Å². The van der Waals surface area contributed by atoms with Crippen LogP contribution in [0.3, 0.4) is 0 Å². The fourth-order valence-corrected chi connectivity index (χ4v) is 2.29. The summed E-state index contributed by atoms with van der Waals surface area (Å²) in [5, 5.41) is 0.262. The fourth-order valence-electron chi connectivity index (χ4n) is 1.21. The van der Waals surface area contributed by atoms with Gasteiger partial charge < -0.3 is 4.90 Å². The zero-order valence-electron chi connectivity index (χ0n) is 10.4. The highest BCUT2D eigenvalue weighted by Crippen LogP contribution is 2.27. The van der Waals surface area contributed by atoms with Gasteiger partial charge in [-0.3, -0.25) is 0 Å². The number of halogens is 4. The van der Waals surface area contributed by atoms with Gasteiger partial charge in [0.05, 0.1) is 0 Å². The van der Waals surface area contributed by atoms with E-state index in [1.165, 1.54) is 0 Å². The minimum atomic E-state index is -4.28. The van der Waals surface area contributed by atoms with Gasteiger partial charge in [0.1, 0.15) is 12.4 Å². The van der Waals surface area contributed by atoms with Crippen molar-refractivity contribution in [2.45, 2.75) is 32.4 Å². The zero-order valence-corrected chi connectivity index (χ0v) is 12.0. The largest absolute Gasteiger partial charge is 0.406 e. The molecule has 0 spiro atoms. The van der Waals surface area contributed by atoms with Crippen LogP contribution in [0.25, 0.3) is 0 Å². The van der Waals surface area contributed by atoms with Crippen LogP contribution in [-0.2, 0) is 5.41 Å². The summed E-state index contributed by atoms with van der Waals surface area (Å²) in [6.45, 7) is 4.77. The van der Waals surface area contributed by atoms with Crippen molar-refractivity contribution in [1.82, 2.24) is 9.36 Å². The van der Waals surface area contributed by atoms with Crippen molar-refractivity contribution >= 4 is 28.3 Å². The van der Waals surface area contributed by atoms with Gasteiger partial charge >= 0.3 is 6.18 Å². The van der Waals surface area contributed by atoms with Gasteiger partial charge in [0.25, 0.3) is 0 Å². The Bertz CT molecular complexity index is 386. The van der Waals surface area contributed by atoms with E-state index < -0.39 is 12.7 Å². The molecule has 0 aliphatic rings. The fraction of sp³-hybridized carbons (Fsp3) is 0.800. The van der Waals surface area contributed by atoms with Crippen LogP contribution in [0.5, 0.6) is 0 Å². The first-order valence-electron chi connectivity index (χ1n) is 5.35. The Morgan fingerprint density at radius 1 is 1.28 bits per heavy atom. The Morgan fingerprint density at radius 3 is 2.28 bits per heavy atom. The molecule has 1 aromatic rings. The molecule has 0 bridgehead atoms. The first-order chi connectivity index (χ1) is 8.13. The molecule has 0 radical (unpaired) electrons. The highest BCUT2D eigenvalue weighted by Gasteiger charge is 2.32. The minimum absolute atomic E-state index is 0.0971. The van der Waals surface area contributed by atoms with Gasteiger partial charge in [-0.1, -0.05) is 20.8 Å². The summed E-state index contributed by atoms with van der Waals surface area (Å²) in [6.07, 6.45) is -4.28. The van der Waals surface area contributed by atoms with Crippen molar-refractivity contribution in [3.8, 4) is 0 Å². The summed E-state index contributed by atoms with van der Waals surface area (Å²) in [4.78, 5) is 5.27. The summed E-state index contributed by atoms with van der Waals surface area (Å²) in [7, 11) is 0. The van der Waals surface area contributed by atoms with E-state index in [-0.39, 0.29) is 23.0 Å². The Balaban J connectivity index is 2.89. The molecule has 0 N–H and O–H groups in total. The predicted molar refractivity (Wildman–Crippen MR) is 67.6 cm³/mol. The maximum absolute atomic E-state index is 12.4. The van der Waals surface area contributed by atoms with E-state index in [9.17, 15) is 13.2 Å². The first kappa shape index (κ1) is 15.5. The highest BCUT2D eigenvalue weighted by molar-refractivity contribution is 7.09. The van der Waals surface area contributed by atoms with Gasteiger partial charge in [-0.05, 0) is 0 Å². The summed E-state index contributed by atoms with van der Waals surface area (Å²) in [6, 6.07) is 0. The number of anilines is 1. The molecule has 104 valence electrons. The van der Waals surface area contributed by atoms with Gasteiger partial charge in [-0.15, -0.1) is 11.6 Å². The van der Waals surface area contributed by atoms with Gasteiger partial charge in [0.15, 0.2) is 0 Å². The van der Waals surface area contributed by atoms with E-state index in [2.05, 4.69) is 9.36 Å². The molecule has 1 aromatic heterocycles. The van der Waals surface area contributed by atoms with Crippen molar-refractivity contribution in [3.05, 3.63) is 5.82 Å². The van der Waals surface area contributed by atoms with Crippen molar-refractivity contribution in [3.63, 3.8) is 0 Å². The molecular formula is C10H15ClF3N3S. The second-order valence-electron chi connectivity index (χ2n) is 4.88. The van der Waals surface area contributed by atoms with Crippen LogP contribution >= 0.6 is 23.1 Å². The van der Waals surface area contributed by atoms with E-state index in [0.29, 0.717) is 5.82 Å². The molecule has 3 nitrogen and oxygen atoms in total. The zero-order chi connectivity index (χ0) is 14.0. The summed E-state index contributed by atoms with van der Waals surface area (Å²) in [5.74, 6) is 0.657. The van der Waals surface area contributed by atoms with Gasteiger partial charge in [-0.25, -0.2) is 4.98 Å². The molecule has 0 unspecified atom stereocenters. The van der Waals surface area contributed by atoms with Crippen molar-refractivity contribution < 1.29 is 13.2 Å². The lowest BCUT2D eigenvalue weighted by molar-refractivity contribution is -0.119. The van der Waals surface area contributed by atoms with Gasteiger partial charge in [0, 0.05) is 29.4 Å². The average Bonchev–Trinajstić information content (AvgIpc) is 2.62. The lowest BCUT2D eigenvalue weighted by Gasteiger charge is -2.21. The smallest absolute Gasteiger partial charge is 0.337 e. The van der Waals surface area contributed by atoms with Crippen LogP contribution in [0.15, 0.2) is 0 Å². The number of hydrogen-bond acceptors (Lipinski definition) is 4. The summed E-state index contributed by atoms with van der Waals surface area (Å²) < 4.78 is 41.4. The Kier molecular flexibility index (Phi) is 4.83. The highest BCUT2D eigenvalue weighted by atomic mass is 35.5. The molecule has 8 heteroatoms. The maximum Gasteiger partial charge on any atom is 0.406 e.